The lowest BCUT2D eigenvalue weighted by Gasteiger charge is -2.35. The van der Waals surface area contributed by atoms with Gasteiger partial charge in [0.25, 0.3) is 0 Å². The fraction of sp³-hybridized carbons (Fsp3) is 0.667. The molecule has 0 aliphatic carbocycles. The molecule has 2 aliphatic rings. The second-order valence-corrected chi connectivity index (χ2v) is 7.82. The normalized spacial score (nSPS) is 36.1. The van der Waals surface area contributed by atoms with Crippen molar-refractivity contribution in [1.29, 1.82) is 0 Å². The Hall–Kier alpha value is -1.21. The summed E-state index contributed by atoms with van der Waals surface area (Å²) < 4.78 is 29.0. The minimum atomic E-state index is -3.05. The molecule has 6 nitrogen and oxygen atoms in total. The monoisotopic (exact) mass is 284 g/mol. The maximum Gasteiger partial charge on any atom is 0.233 e. The van der Waals surface area contributed by atoms with Gasteiger partial charge in [0.15, 0.2) is 9.84 Å². The topological polar surface area (TPSA) is 89.4 Å². The Labute approximate surface area is 111 Å². The first kappa shape index (κ1) is 12.8. The summed E-state index contributed by atoms with van der Waals surface area (Å²) in [5.74, 6) is 0.374. The third-order valence-electron chi connectivity index (χ3n) is 4.20. The van der Waals surface area contributed by atoms with Crippen molar-refractivity contribution >= 4 is 9.84 Å². The maximum atomic E-state index is 12.0. The van der Waals surface area contributed by atoms with Gasteiger partial charge < -0.3 is 9.84 Å². The predicted octanol–water partition coefficient (Wildman–Crippen LogP) is 0.412. The Kier molecular flexibility index (Phi) is 2.79. The first-order valence-electron chi connectivity index (χ1n) is 6.29. The summed E-state index contributed by atoms with van der Waals surface area (Å²) in [5, 5.41) is 17.6. The van der Waals surface area contributed by atoms with Gasteiger partial charge in [0.1, 0.15) is 5.60 Å². The molecule has 2 fully saturated rings. The average molecular weight is 284 g/mol. The summed E-state index contributed by atoms with van der Waals surface area (Å²) in [5.41, 5.74) is -0.753. The highest BCUT2D eigenvalue weighted by Gasteiger charge is 2.53. The quantitative estimate of drug-likeness (QED) is 0.846. The molecule has 1 N–H and O–H groups in total. The molecule has 0 amide bonds. The van der Waals surface area contributed by atoms with E-state index >= 15 is 0 Å². The van der Waals surface area contributed by atoms with Crippen LogP contribution in [0.3, 0.4) is 0 Å². The number of methoxy groups -OCH3 is 1. The van der Waals surface area contributed by atoms with Crippen molar-refractivity contribution in [3.8, 4) is 5.88 Å². The van der Waals surface area contributed by atoms with Crippen molar-refractivity contribution in [3.05, 3.63) is 17.8 Å². The molecule has 2 unspecified atom stereocenters. The molecule has 19 heavy (non-hydrogen) atoms. The molecular formula is C12H16N2O4S. The molecule has 3 heterocycles. The highest BCUT2D eigenvalue weighted by atomic mass is 32.2. The molecular weight excluding hydrogens is 268 g/mol. The average Bonchev–Trinajstić information content (AvgIpc) is 2.58. The summed E-state index contributed by atoms with van der Waals surface area (Å²) in [4.78, 5) is 0. The van der Waals surface area contributed by atoms with E-state index in [4.69, 9.17) is 4.74 Å². The molecule has 1 aromatic rings. The number of rotatable bonds is 2. The Bertz CT molecular complexity index is 564. The van der Waals surface area contributed by atoms with Crippen LogP contribution in [0.4, 0.5) is 0 Å². The van der Waals surface area contributed by atoms with Gasteiger partial charge in [-0.25, -0.2) is 8.42 Å². The van der Waals surface area contributed by atoms with Crippen LogP contribution in [-0.2, 0) is 15.4 Å². The summed E-state index contributed by atoms with van der Waals surface area (Å²) in [6, 6.07) is 3.29. The van der Waals surface area contributed by atoms with Crippen LogP contribution in [0.15, 0.2) is 12.1 Å². The first-order chi connectivity index (χ1) is 8.95. The molecule has 0 aromatic carbocycles. The van der Waals surface area contributed by atoms with Crippen LogP contribution < -0.4 is 4.74 Å². The highest BCUT2D eigenvalue weighted by Crippen LogP contribution is 2.46. The largest absolute Gasteiger partial charge is 0.480 e. The van der Waals surface area contributed by atoms with Gasteiger partial charge in [-0.05, 0) is 31.7 Å². The predicted molar refractivity (Wildman–Crippen MR) is 67.4 cm³/mol. The van der Waals surface area contributed by atoms with E-state index in [2.05, 4.69) is 10.2 Å². The first-order valence-corrected chi connectivity index (χ1v) is 7.90. The second-order valence-electron chi connectivity index (χ2n) is 5.31. The SMILES string of the molecule is COc1ccc(C2(O)CC3CCC(C2)S3(=O)=O)nn1. The van der Waals surface area contributed by atoms with Crippen LogP contribution in [0.1, 0.15) is 31.4 Å². The van der Waals surface area contributed by atoms with Crippen LogP contribution in [-0.4, -0.2) is 41.3 Å². The van der Waals surface area contributed by atoms with Crippen molar-refractivity contribution < 1.29 is 18.3 Å². The highest BCUT2D eigenvalue weighted by molar-refractivity contribution is 7.93. The van der Waals surface area contributed by atoms with E-state index in [1.807, 2.05) is 0 Å². The molecule has 0 spiro atoms. The Morgan fingerprint density at radius 2 is 1.89 bits per heavy atom. The number of fused-ring (bicyclic) bond motifs is 2. The summed E-state index contributed by atoms with van der Waals surface area (Å²) >= 11 is 0. The van der Waals surface area contributed by atoms with Crippen LogP contribution >= 0.6 is 0 Å². The second kappa shape index (κ2) is 4.14. The van der Waals surface area contributed by atoms with E-state index in [0.717, 1.165) is 0 Å². The van der Waals surface area contributed by atoms with Crippen LogP contribution in [0.25, 0.3) is 0 Å². The van der Waals surface area contributed by atoms with Gasteiger partial charge in [-0.2, -0.15) is 0 Å². The lowest BCUT2D eigenvalue weighted by Crippen LogP contribution is -2.43. The number of hydrogen-bond donors (Lipinski definition) is 1. The van der Waals surface area contributed by atoms with Crippen LogP contribution in [0.2, 0.25) is 0 Å². The number of hydrogen-bond acceptors (Lipinski definition) is 6. The van der Waals surface area contributed by atoms with Gasteiger partial charge in [0.05, 0.1) is 23.3 Å². The van der Waals surface area contributed by atoms with Crippen LogP contribution in [0.5, 0.6) is 5.88 Å². The standard InChI is InChI=1S/C12H16N2O4S/c1-18-11-5-4-10(13-14-11)12(15)6-8-2-3-9(7-12)19(8,16)17/h4-5,8-9,15H,2-3,6-7H2,1H3. The molecule has 104 valence electrons. The van der Waals surface area contributed by atoms with Crippen molar-refractivity contribution in [1.82, 2.24) is 10.2 Å². The fourth-order valence-electron chi connectivity index (χ4n) is 3.13. The van der Waals surface area contributed by atoms with Crippen LogP contribution in [0, 0.1) is 0 Å². The van der Waals surface area contributed by atoms with Gasteiger partial charge >= 0.3 is 0 Å². The Balaban J connectivity index is 1.92. The van der Waals surface area contributed by atoms with Crippen molar-refractivity contribution in [3.63, 3.8) is 0 Å². The molecule has 1 aromatic heterocycles. The minimum absolute atomic E-state index is 0.215. The summed E-state index contributed by atoms with van der Waals surface area (Å²) in [7, 11) is -1.56. The molecule has 0 saturated carbocycles. The zero-order chi connectivity index (χ0) is 13.7. The lowest BCUT2D eigenvalue weighted by molar-refractivity contribution is 0.0121. The van der Waals surface area contributed by atoms with Crippen molar-refractivity contribution in [2.75, 3.05) is 7.11 Å². The minimum Gasteiger partial charge on any atom is -0.480 e. The number of sulfone groups is 1. The van der Waals surface area contributed by atoms with E-state index < -0.39 is 25.9 Å². The molecule has 2 bridgehead atoms. The molecule has 0 radical (unpaired) electrons. The van der Waals surface area contributed by atoms with E-state index in [0.29, 0.717) is 24.4 Å². The maximum absolute atomic E-state index is 12.0. The lowest BCUT2D eigenvalue weighted by atomic mass is 9.90. The van der Waals surface area contributed by atoms with E-state index in [1.165, 1.54) is 7.11 Å². The molecule has 2 aliphatic heterocycles. The van der Waals surface area contributed by atoms with E-state index in [-0.39, 0.29) is 12.8 Å². The molecule has 2 atom stereocenters. The zero-order valence-corrected chi connectivity index (χ0v) is 11.4. The zero-order valence-electron chi connectivity index (χ0n) is 10.6. The van der Waals surface area contributed by atoms with E-state index in [9.17, 15) is 13.5 Å². The fourth-order valence-corrected chi connectivity index (χ4v) is 5.62. The number of aliphatic hydroxyl groups is 1. The molecule has 3 rings (SSSR count). The van der Waals surface area contributed by atoms with Gasteiger partial charge in [0.2, 0.25) is 5.88 Å². The Morgan fingerprint density at radius 3 is 2.37 bits per heavy atom. The third kappa shape index (κ3) is 1.92. The van der Waals surface area contributed by atoms with Gasteiger partial charge in [0, 0.05) is 6.07 Å². The smallest absolute Gasteiger partial charge is 0.233 e. The number of ether oxygens (including phenoxy) is 1. The van der Waals surface area contributed by atoms with Crippen molar-refractivity contribution in [2.24, 2.45) is 0 Å². The summed E-state index contributed by atoms with van der Waals surface area (Å²) in [6.45, 7) is 0. The Morgan fingerprint density at radius 1 is 1.26 bits per heavy atom. The number of aromatic nitrogens is 2. The summed E-state index contributed by atoms with van der Waals surface area (Å²) in [6.07, 6.45) is 1.71. The third-order valence-corrected chi connectivity index (χ3v) is 6.86. The van der Waals surface area contributed by atoms with Gasteiger partial charge in [-0.15, -0.1) is 10.2 Å². The van der Waals surface area contributed by atoms with E-state index in [1.54, 1.807) is 12.1 Å². The molecule has 7 heteroatoms. The van der Waals surface area contributed by atoms with Crippen molar-refractivity contribution in [2.45, 2.75) is 41.8 Å². The number of nitrogens with zero attached hydrogens (tertiary/aromatic N) is 2. The van der Waals surface area contributed by atoms with Gasteiger partial charge in [-0.3, -0.25) is 0 Å². The molecule has 2 saturated heterocycles. The van der Waals surface area contributed by atoms with Gasteiger partial charge in [-0.1, -0.05) is 0 Å².